The van der Waals surface area contributed by atoms with Crippen molar-refractivity contribution < 1.29 is 0 Å². The van der Waals surface area contributed by atoms with Crippen molar-refractivity contribution in [2.75, 3.05) is 20.1 Å². The molecular formula is C14H23BrN2. The van der Waals surface area contributed by atoms with Crippen molar-refractivity contribution in [3.05, 3.63) is 34.3 Å². The molecule has 1 atom stereocenters. The van der Waals surface area contributed by atoms with Crippen LogP contribution in [0.5, 0.6) is 0 Å². The minimum atomic E-state index is 0.556. The first-order valence-electron chi connectivity index (χ1n) is 6.29. The average Bonchev–Trinajstić information content (AvgIpc) is 2.29. The Morgan fingerprint density at radius 2 is 2.18 bits per heavy atom. The van der Waals surface area contributed by atoms with Gasteiger partial charge in [-0.25, -0.2) is 0 Å². The van der Waals surface area contributed by atoms with Gasteiger partial charge in [0.15, 0.2) is 0 Å². The summed E-state index contributed by atoms with van der Waals surface area (Å²) in [6.07, 6.45) is 1.20. The molecule has 1 N–H and O–H groups in total. The van der Waals surface area contributed by atoms with Gasteiger partial charge in [-0.05, 0) is 44.6 Å². The normalized spacial score (nSPS) is 13.0. The highest BCUT2D eigenvalue weighted by Crippen LogP contribution is 2.13. The molecule has 0 aliphatic heterocycles. The van der Waals surface area contributed by atoms with Crippen LogP contribution >= 0.6 is 15.9 Å². The number of hydrogen-bond donors (Lipinski definition) is 1. The molecule has 1 aromatic rings. The predicted octanol–water partition coefficient (Wildman–Crippen LogP) is 3.27. The molecule has 0 aliphatic rings. The molecule has 2 nitrogen and oxygen atoms in total. The molecule has 0 aliphatic carbocycles. The number of nitrogens with zero attached hydrogens (tertiary/aromatic N) is 1. The maximum absolute atomic E-state index is 3.51. The lowest BCUT2D eigenvalue weighted by Crippen LogP contribution is -2.37. The molecule has 0 saturated carbocycles. The Morgan fingerprint density at radius 3 is 2.82 bits per heavy atom. The summed E-state index contributed by atoms with van der Waals surface area (Å²) in [5, 5.41) is 3.46. The van der Waals surface area contributed by atoms with Gasteiger partial charge in [0.2, 0.25) is 0 Å². The lowest BCUT2D eigenvalue weighted by molar-refractivity contribution is 0.243. The highest BCUT2D eigenvalue weighted by atomic mass is 79.9. The fourth-order valence-electron chi connectivity index (χ4n) is 1.72. The summed E-state index contributed by atoms with van der Waals surface area (Å²) in [6, 6.07) is 9.07. The fraction of sp³-hybridized carbons (Fsp3) is 0.571. The lowest BCUT2D eigenvalue weighted by atomic mass is 10.2. The molecule has 3 heteroatoms. The summed E-state index contributed by atoms with van der Waals surface area (Å²) >= 11 is 3.51. The number of halogens is 1. The molecule has 96 valence electrons. The molecule has 1 aromatic carbocycles. The van der Waals surface area contributed by atoms with E-state index >= 15 is 0 Å². The van der Waals surface area contributed by atoms with Crippen LogP contribution < -0.4 is 5.32 Å². The smallest absolute Gasteiger partial charge is 0.0234 e. The standard InChI is InChI=1S/C14H23BrN2/c1-4-8-16-10-12(2)17(3)11-13-6-5-7-14(15)9-13/h5-7,9,12,16H,4,8,10-11H2,1-3H3. The highest BCUT2D eigenvalue weighted by Gasteiger charge is 2.08. The summed E-state index contributed by atoms with van der Waals surface area (Å²) in [7, 11) is 2.18. The van der Waals surface area contributed by atoms with Gasteiger partial charge in [0, 0.05) is 23.6 Å². The minimum absolute atomic E-state index is 0.556. The number of benzene rings is 1. The van der Waals surface area contributed by atoms with Gasteiger partial charge in [-0.2, -0.15) is 0 Å². The van der Waals surface area contributed by atoms with E-state index in [1.807, 2.05) is 0 Å². The van der Waals surface area contributed by atoms with Crippen molar-refractivity contribution in [2.24, 2.45) is 0 Å². The van der Waals surface area contributed by atoms with E-state index in [0.29, 0.717) is 6.04 Å². The summed E-state index contributed by atoms with van der Waals surface area (Å²) in [5.74, 6) is 0. The molecule has 1 rings (SSSR count). The minimum Gasteiger partial charge on any atom is -0.315 e. The maximum atomic E-state index is 3.51. The topological polar surface area (TPSA) is 15.3 Å². The SMILES string of the molecule is CCCNCC(C)N(C)Cc1cccc(Br)c1. The van der Waals surface area contributed by atoms with Gasteiger partial charge >= 0.3 is 0 Å². The first-order chi connectivity index (χ1) is 8.13. The van der Waals surface area contributed by atoms with Crippen LogP contribution in [0.1, 0.15) is 25.8 Å². The van der Waals surface area contributed by atoms with E-state index in [-0.39, 0.29) is 0 Å². The Balaban J connectivity index is 2.39. The molecule has 0 saturated heterocycles. The van der Waals surface area contributed by atoms with Crippen molar-refractivity contribution in [3.8, 4) is 0 Å². The molecular weight excluding hydrogens is 276 g/mol. The second-order valence-electron chi connectivity index (χ2n) is 4.60. The van der Waals surface area contributed by atoms with Gasteiger partial charge in [-0.15, -0.1) is 0 Å². The van der Waals surface area contributed by atoms with E-state index in [1.54, 1.807) is 0 Å². The second-order valence-corrected chi connectivity index (χ2v) is 5.51. The van der Waals surface area contributed by atoms with Gasteiger partial charge in [0.25, 0.3) is 0 Å². The predicted molar refractivity (Wildman–Crippen MR) is 78.2 cm³/mol. The first-order valence-corrected chi connectivity index (χ1v) is 7.08. The van der Waals surface area contributed by atoms with E-state index in [0.717, 1.165) is 24.1 Å². The van der Waals surface area contributed by atoms with Crippen LogP contribution in [-0.2, 0) is 6.54 Å². The Hall–Kier alpha value is -0.380. The maximum Gasteiger partial charge on any atom is 0.0234 e. The molecule has 0 bridgehead atoms. The van der Waals surface area contributed by atoms with Gasteiger partial charge < -0.3 is 5.32 Å². The van der Waals surface area contributed by atoms with Crippen molar-refractivity contribution in [2.45, 2.75) is 32.9 Å². The van der Waals surface area contributed by atoms with Crippen LogP contribution in [0.3, 0.4) is 0 Å². The molecule has 1 unspecified atom stereocenters. The van der Waals surface area contributed by atoms with Crippen molar-refractivity contribution in [3.63, 3.8) is 0 Å². The van der Waals surface area contributed by atoms with E-state index < -0.39 is 0 Å². The van der Waals surface area contributed by atoms with E-state index in [4.69, 9.17) is 0 Å². The Morgan fingerprint density at radius 1 is 1.41 bits per heavy atom. The summed E-state index contributed by atoms with van der Waals surface area (Å²) in [4.78, 5) is 2.38. The highest BCUT2D eigenvalue weighted by molar-refractivity contribution is 9.10. The molecule has 0 spiro atoms. The Bertz CT molecular complexity index is 328. The van der Waals surface area contributed by atoms with Crippen LogP contribution in [0.15, 0.2) is 28.7 Å². The van der Waals surface area contributed by atoms with E-state index in [2.05, 4.69) is 71.3 Å². The van der Waals surface area contributed by atoms with Crippen LogP contribution in [-0.4, -0.2) is 31.1 Å². The molecule has 0 radical (unpaired) electrons. The number of likely N-dealkylation sites (N-methyl/N-ethyl adjacent to an activating group) is 1. The number of rotatable bonds is 7. The first kappa shape index (κ1) is 14.7. The van der Waals surface area contributed by atoms with Crippen LogP contribution in [0.2, 0.25) is 0 Å². The van der Waals surface area contributed by atoms with E-state index in [9.17, 15) is 0 Å². The van der Waals surface area contributed by atoms with Crippen LogP contribution in [0.4, 0.5) is 0 Å². The van der Waals surface area contributed by atoms with Gasteiger partial charge in [0.1, 0.15) is 0 Å². The molecule has 17 heavy (non-hydrogen) atoms. The Labute approximate surface area is 114 Å². The Kier molecular flexibility index (Phi) is 6.78. The van der Waals surface area contributed by atoms with Crippen molar-refractivity contribution in [1.29, 1.82) is 0 Å². The monoisotopic (exact) mass is 298 g/mol. The zero-order chi connectivity index (χ0) is 12.7. The summed E-state index contributed by atoms with van der Waals surface area (Å²) in [6.45, 7) is 7.62. The third-order valence-corrected chi connectivity index (χ3v) is 3.43. The van der Waals surface area contributed by atoms with Crippen LogP contribution in [0, 0.1) is 0 Å². The van der Waals surface area contributed by atoms with Gasteiger partial charge in [0.05, 0.1) is 0 Å². The zero-order valence-corrected chi connectivity index (χ0v) is 12.6. The molecule has 0 fully saturated rings. The lowest BCUT2D eigenvalue weighted by Gasteiger charge is -2.25. The number of nitrogens with one attached hydrogen (secondary N) is 1. The van der Waals surface area contributed by atoms with Crippen molar-refractivity contribution in [1.82, 2.24) is 10.2 Å². The van der Waals surface area contributed by atoms with Crippen LogP contribution in [0.25, 0.3) is 0 Å². The van der Waals surface area contributed by atoms with Gasteiger partial charge in [-0.1, -0.05) is 35.0 Å². The number of hydrogen-bond acceptors (Lipinski definition) is 2. The van der Waals surface area contributed by atoms with Crippen molar-refractivity contribution >= 4 is 15.9 Å². The van der Waals surface area contributed by atoms with Gasteiger partial charge in [-0.3, -0.25) is 4.90 Å². The third-order valence-electron chi connectivity index (χ3n) is 2.94. The fourth-order valence-corrected chi connectivity index (χ4v) is 2.17. The zero-order valence-electron chi connectivity index (χ0n) is 11.0. The largest absolute Gasteiger partial charge is 0.315 e. The molecule has 0 aromatic heterocycles. The quantitative estimate of drug-likeness (QED) is 0.777. The summed E-state index contributed by atoms with van der Waals surface area (Å²) in [5.41, 5.74) is 1.35. The molecule has 0 heterocycles. The molecule has 0 amide bonds. The average molecular weight is 299 g/mol. The summed E-state index contributed by atoms with van der Waals surface area (Å²) < 4.78 is 1.15. The van der Waals surface area contributed by atoms with E-state index in [1.165, 1.54) is 12.0 Å². The third kappa shape index (κ3) is 5.66. The second kappa shape index (κ2) is 7.85.